The van der Waals surface area contributed by atoms with Gasteiger partial charge in [-0.15, -0.1) is 0 Å². The zero-order valence-electron chi connectivity index (χ0n) is 9.26. The van der Waals surface area contributed by atoms with Crippen LogP contribution in [0.15, 0.2) is 4.60 Å². The second kappa shape index (κ2) is 4.42. The van der Waals surface area contributed by atoms with Crippen LogP contribution in [0.2, 0.25) is 0 Å². The number of hydrogen-bond acceptors (Lipinski definition) is 3. The molecule has 1 aromatic heterocycles. The third-order valence-corrected chi connectivity index (χ3v) is 2.98. The van der Waals surface area contributed by atoms with E-state index < -0.39 is 10.0 Å². The van der Waals surface area contributed by atoms with Gasteiger partial charge in [0.2, 0.25) is 0 Å². The second-order valence-corrected chi connectivity index (χ2v) is 8.53. The Balaban J connectivity index is 3.15. The van der Waals surface area contributed by atoms with Crippen LogP contribution >= 0.6 is 26.0 Å². The molecule has 1 aromatic rings. The molecular weight excluding hydrogens is 274 g/mol. The Hall–Kier alpha value is -0.730. The first-order chi connectivity index (χ1) is 6.79. The summed E-state index contributed by atoms with van der Waals surface area (Å²) in [6.45, 7) is 1.85. The summed E-state index contributed by atoms with van der Waals surface area (Å²) in [6.07, 6.45) is 6.35. The molecule has 0 saturated carbocycles. The molecular formula is C10H14BrN3S. The van der Waals surface area contributed by atoms with Crippen molar-refractivity contribution in [3.63, 3.8) is 0 Å². The Morgan fingerprint density at radius 2 is 1.87 bits per heavy atom. The maximum atomic E-state index is 5.73. The summed E-state index contributed by atoms with van der Waals surface area (Å²) in [6, 6.07) is 0. The van der Waals surface area contributed by atoms with Crippen LogP contribution in [-0.4, -0.2) is 28.7 Å². The number of anilines is 1. The van der Waals surface area contributed by atoms with Crippen LogP contribution in [-0.2, 0) is 0 Å². The van der Waals surface area contributed by atoms with Crippen LogP contribution in [0, 0.1) is 18.1 Å². The van der Waals surface area contributed by atoms with Crippen LogP contribution in [0.4, 0.5) is 5.82 Å². The van der Waals surface area contributed by atoms with Crippen LogP contribution < -0.4 is 5.73 Å². The van der Waals surface area contributed by atoms with E-state index in [4.69, 9.17) is 5.73 Å². The molecule has 3 nitrogen and oxygen atoms in total. The molecule has 82 valence electrons. The number of nitrogens with two attached hydrogens (primary N) is 1. The average molecular weight is 288 g/mol. The summed E-state index contributed by atoms with van der Waals surface area (Å²) in [5.41, 5.74) is 7.06. The van der Waals surface area contributed by atoms with Gasteiger partial charge in [0.05, 0.1) is 5.69 Å². The lowest BCUT2D eigenvalue weighted by molar-refractivity contribution is 1.08. The van der Waals surface area contributed by atoms with Crippen molar-refractivity contribution >= 4 is 31.8 Å². The molecule has 1 rings (SSSR count). The number of nitrogen functional groups attached to an aromatic ring is 1. The minimum Gasteiger partial charge on any atom is -0.381 e. The molecule has 0 saturated heterocycles. The van der Waals surface area contributed by atoms with Crippen molar-refractivity contribution in [1.82, 2.24) is 9.97 Å². The summed E-state index contributed by atoms with van der Waals surface area (Å²) < 4.78 is 0.699. The van der Waals surface area contributed by atoms with Crippen molar-refractivity contribution in [1.29, 1.82) is 0 Å². The molecule has 0 aliphatic carbocycles. The zero-order valence-corrected chi connectivity index (χ0v) is 11.7. The highest BCUT2D eigenvalue weighted by Gasteiger charge is 2.05. The molecule has 2 N–H and O–H groups in total. The van der Waals surface area contributed by atoms with Gasteiger partial charge in [0.25, 0.3) is 0 Å². The highest BCUT2D eigenvalue weighted by molar-refractivity contribution is 9.10. The highest BCUT2D eigenvalue weighted by atomic mass is 79.9. The van der Waals surface area contributed by atoms with E-state index in [1.807, 2.05) is 6.92 Å². The number of aryl methyl sites for hydroxylation is 1. The SMILES string of the molecule is Cc1nc(N)c(C#CS(C)(C)C)nc1Br. The van der Waals surface area contributed by atoms with Crippen molar-refractivity contribution in [2.75, 3.05) is 24.5 Å². The van der Waals surface area contributed by atoms with E-state index in [2.05, 4.69) is 55.8 Å². The quantitative estimate of drug-likeness (QED) is 0.744. The zero-order chi connectivity index (χ0) is 11.6. The van der Waals surface area contributed by atoms with E-state index in [-0.39, 0.29) is 0 Å². The molecule has 0 aromatic carbocycles. The van der Waals surface area contributed by atoms with Crippen molar-refractivity contribution in [3.8, 4) is 11.2 Å². The number of halogens is 1. The van der Waals surface area contributed by atoms with Gasteiger partial charge in [0.15, 0.2) is 11.5 Å². The fraction of sp³-hybridized carbons (Fsp3) is 0.400. The van der Waals surface area contributed by atoms with E-state index in [1.165, 1.54) is 0 Å². The van der Waals surface area contributed by atoms with E-state index >= 15 is 0 Å². The van der Waals surface area contributed by atoms with Crippen LogP contribution in [0.25, 0.3) is 0 Å². The third-order valence-electron chi connectivity index (χ3n) is 1.51. The van der Waals surface area contributed by atoms with Crippen molar-refractivity contribution in [2.24, 2.45) is 0 Å². The molecule has 0 radical (unpaired) electrons. The standard InChI is InChI=1S/C10H14BrN3S/c1-7-9(11)14-8(10(12)13-7)5-6-15(2,3)4/h1-4H3,(H2,12,13). The van der Waals surface area contributed by atoms with E-state index in [1.54, 1.807) is 0 Å². The van der Waals surface area contributed by atoms with Gasteiger partial charge in [0.1, 0.15) is 4.60 Å². The molecule has 0 atom stereocenters. The Kier molecular flexibility index (Phi) is 3.63. The topological polar surface area (TPSA) is 51.8 Å². The maximum absolute atomic E-state index is 5.73. The largest absolute Gasteiger partial charge is 0.381 e. The van der Waals surface area contributed by atoms with Crippen molar-refractivity contribution in [2.45, 2.75) is 6.92 Å². The van der Waals surface area contributed by atoms with Crippen LogP contribution in [0.5, 0.6) is 0 Å². The number of hydrogen-bond donors (Lipinski definition) is 1. The summed E-state index contributed by atoms with van der Waals surface area (Å²) in [4.78, 5) is 8.39. The van der Waals surface area contributed by atoms with Gasteiger partial charge in [-0.2, -0.15) is 10.0 Å². The lowest BCUT2D eigenvalue weighted by atomic mass is 10.4. The molecule has 1 heterocycles. The van der Waals surface area contributed by atoms with Crippen molar-refractivity contribution in [3.05, 3.63) is 16.0 Å². The van der Waals surface area contributed by atoms with Gasteiger partial charge >= 0.3 is 0 Å². The summed E-state index contributed by atoms with van der Waals surface area (Å²) in [7, 11) is -0.862. The minimum absolute atomic E-state index is 0.395. The average Bonchev–Trinajstić information content (AvgIpc) is 2.07. The smallest absolute Gasteiger partial charge is 0.158 e. The number of aromatic nitrogens is 2. The lowest BCUT2D eigenvalue weighted by Gasteiger charge is -2.14. The van der Waals surface area contributed by atoms with Crippen LogP contribution in [0.1, 0.15) is 11.4 Å². The molecule has 0 bridgehead atoms. The molecule has 5 heteroatoms. The van der Waals surface area contributed by atoms with Gasteiger partial charge in [-0.25, -0.2) is 9.97 Å². The first-order valence-electron chi connectivity index (χ1n) is 4.30. The Morgan fingerprint density at radius 1 is 1.27 bits per heavy atom. The van der Waals surface area contributed by atoms with Crippen molar-refractivity contribution < 1.29 is 0 Å². The Bertz CT molecular complexity index is 440. The molecule has 0 spiro atoms. The highest BCUT2D eigenvalue weighted by Crippen LogP contribution is 2.32. The molecule has 0 unspecified atom stereocenters. The van der Waals surface area contributed by atoms with E-state index in [0.29, 0.717) is 16.1 Å². The first kappa shape index (κ1) is 12.3. The lowest BCUT2D eigenvalue weighted by Crippen LogP contribution is -2.01. The van der Waals surface area contributed by atoms with Gasteiger partial charge in [-0.1, -0.05) is 0 Å². The molecule has 0 amide bonds. The minimum atomic E-state index is -0.862. The molecule has 0 aliphatic heterocycles. The predicted octanol–water partition coefficient (Wildman–Crippen LogP) is 2.13. The monoisotopic (exact) mass is 287 g/mol. The van der Waals surface area contributed by atoms with Gasteiger partial charge in [0, 0.05) is 0 Å². The number of nitrogens with zero attached hydrogens (tertiary/aromatic N) is 2. The molecule has 0 aliphatic rings. The fourth-order valence-electron chi connectivity index (χ4n) is 0.810. The first-order valence-corrected chi connectivity index (χ1v) is 7.95. The predicted molar refractivity (Wildman–Crippen MR) is 71.1 cm³/mol. The summed E-state index contributed by atoms with van der Waals surface area (Å²) in [5.74, 6) is 3.37. The maximum Gasteiger partial charge on any atom is 0.158 e. The van der Waals surface area contributed by atoms with Gasteiger partial charge < -0.3 is 5.73 Å². The van der Waals surface area contributed by atoms with Gasteiger partial charge in [-0.05, 0) is 52.8 Å². The summed E-state index contributed by atoms with van der Waals surface area (Å²) in [5, 5.41) is 3.16. The van der Waals surface area contributed by atoms with E-state index in [9.17, 15) is 0 Å². The molecule has 15 heavy (non-hydrogen) atoms. The normalized spacial score (nSPS) is 11.8. The van der Waals surface area contributed by atoms with E-state index in [0.717, 1.165) is 5.69 Å². The fourth-order valence-corrected chi connectivity index (χ4v) is 1.48. The third kappa shape index (κ3) is 3.73. The molecule has 0 fully saturated rings. The van der Waals surface area contributed by atoms with Crippen LogP contribution in [0.3, 0.4) is 0 Å². The Labute approximate surface area is 100 Å². The Morgan fingerprint density at radius 3 is 2.40 bits per heavy atom. The second-order valence-electron chi connectivity index (χ2n) is 3.90. The van der Waals surface area contributed by atoms with Gasteiger partial charge in [-0.3, -0.25) is 0 Å². The number of rotatable bonds is 0. The summed E-state index contributed by atoms with van der Waals surface area (Å²) >= 11 is 3.31.